The lowest BCUT2D eigenvalue weighted by molar-refractivity contribution is -0.117. The molecule has 2 saturated carbocycles. The first-order chi connectivity index (χ1) is 15.5. The second-order valence-corrected chi connectivity index (χ2v) is 9.01. The summed E-state index contributed by atoms with van der Waals surface area (Å²) in [5, 5.41) is 3.89. The number of anilines is 1. The van der Waals surface area contributed by atoms with Crippen molar-refractivity contribution in [3.63, 3.8) is 0 Å². The van der Waals surface area contributed by atoms with Crippen molar-refractivity contribution in [3.05, 3.63) is 30.6 Å². The largest absolute Gasteiger partial charge is 0.490 e. The van der Waals surface area contributed by atoms with E-state index in [0.717, 1.165) is 48.1 Å². The van der Waals surface area contributed by atoms with Crippen molar-refractivity contribution in [3.8, 4) is 22.8 Å². The number of aromatic amines is 1. The predicted octanol–water partition coefficient (Wildman–Crippen LogP) is 3.70. The summed E-state index contributed by atoms with van der Waals surface area (Å²) in [6, 6.07) is 5.70. The van der Waals surface area contributed by atoms with Crippen LogP contribution < -0.4 is 14.8 Å². The smallest absolute Gasteiger partial charge is 0.228 e. The molecule has 2 N–H and O–H groups in total. The average Bonchev–Trinajstić information content (AvgIpc) is 3.38. The second-order valence-electron chi connectivity index (χ2n) is 9.01. The fourth-order valence-electron chi connectivity index (χ4n) is 4.33. The van der Waals surface area contributed by atoms with E-state index in [-0.39, 0.29) is 17.9 Å². The Morgan fingerprint density at radius 3 is 2.84 bits per heavy atom. The summed E-state index contributed by atoms with van der Waals surface area (Å²) in [7, 11) is 5.68. The van der Waals surface area contributed by atoms with Crippen LogP contribution in [0.1, 0.15) is 25.7 Å². The number of nitrogens with zero attached hydrogens (tertiary/aromatic N) is 3. The van der Waals surface area contributed by atoms with Gasteiger partial charge in [0.05, 0.1) is 18.8 Å². The minimum Gasteiger partial charge on any atom is -0.490 e. The van der Waals surface area contributed by atoms with Crippen LogP contribution in [0.2, 0.25) is 0 Å². The van der Waals surface area contributed by atoms with Gasteiger partial charge in [0.2, 0.25) is 11.8 Å². The topological polar surface area (TPSA) is 92.4 Å². The number of ether oxygens (including phenoxy) is 2. The Morgan fingerprint density at radius 1 is 1.28 bits per heavy atom. The molecule has 0 saturated heterocycles. The maximum atomic E-state index is 12.6. The molecule has 0 unspecified atom stereocenters. The summed E-state index contributed by atoms with van der Waals surface area (Å²) < 4.78 is 11.8. The molecule has 2 atom stereocenters. The summed E-state index contributed by atoms with van der Waals surface area (Å²) in [6.07, 6.45) is 8.11. The molecule has 0 radical (unpaired) electrons. The molecule has 0 aromatic carbocycles. The molecule has 1 amide bonds. The van der Waals surface area contributed by atoms with Gasteiger partial charge in [-0.3, -0.25) is 4.79 Å². The second kappa shape index (κ2) is 8.43. The highest BCUT2D eigenvalue weighted by Crippen LogP contribution is 2.42. The summed E-state index contributed by atoms with van der Waals surface area (Å²) >= 11 is 0. The van der Waals surface area contributed by atoms with E-state index in [1.54, 1.807) is 13.3 Å². The van der Waals surface area contributed by atoms with Crippen LogP contribution in [0.5, 0.6) is 11.6 Å². The van der Waals surface area contributed by atoms with Gasteiger partial charge in [-0.1, -0.05) is 0 Å². The number of pyridine rings is 2. The molecule has 5 rings (SSSR count). The Hall–Kier alpha value is -3.13. The number of carbonyl (C=O) groups is 1. The van der Waals surface area contributed by atoms with Gasteiger partial charge in [-0.05, 0) is 63.9 Å². The van der Waals surface area contributed by atoms with Crippen LogP contribution in [0, 0.1) is 11.8 Å². The van der Waals surface area contributed by atoms with E-state index >= 15 is 0 Å². The lowest BCUT2D eigenvalue weighted by atomic mass is 9.96. The van der Waals surface area contributed by atoms with Crippen molar-refractivity contribution in [1.82, 2.24) is 19.9 Å². The number of nitrogens with one attached hydrogen (secondary N) is 2. The van der Waals surface area contributed by atoms with Gasteiger partial charge in [0.1, 0.15) is 17.2 Å². The highest BCUT2D eigenvalue weighted by atomic mass is 16.5. The third kappa shape index (κ3) is 4.02. The van der Waals surface area contributed by atoms with Crippen molar-refractivity contribution in [2.75, 3.05) is 33.1 Å². The zero-order valence-corrected chi connectivity index (χ0v) is 18.7. The first kappa shape index (κ1) is 20.8. The van der Waals surface area contributed by atoms with Gasteiger partial charge in [-0.25, -0.2) is 9.97 Å². The van der Waals surface area contributed by atoms with Crippen molar-refractivity contribution < 1.29 is 14.3 Å². The number of H-pyrrole nitrogens is 1. The first-order valence-corrected chi connectivity index (χ1v) is 11.2. The Balaban J connectivity index is 1.40. The average molecular weight is 436 g/mol. The number of aromatic nitrogens is 3. The summed E-state index contributed by atoms with van der Waals surface area (Å²) in [5.74, 6) is 2.37. The lowest BCUT2D eigenvalue weighted by Crippen LogP contribution is -2.24. The quantitative estimate of drug-likeness (QED) is 0.561. The van der Waals surface area contributed by atoms with Crippen LogP contribution in [-0.4, -0.2) is 59.6 Å². The van der Waals surface area contributed by atoms with Crippen molar-refractivity contribution in [1.29, 1.82) is 0 Å². The lowest BCUT2D eigenvalue weighted by Gasteiger charge is -2.27. The molecule has 3 heterocycles. The van der Waals surface area contributed by atoms with Crippen LogP contribution in [0.15, 0.2) is 30.6 Å². The molecular weight excluding hydrogens is 406 g/mol. The number of hydrogen-bond acceptors (Lipinski definition) is 6. The number of carbonyl (C=O) groups excluding carboxylic acids is 1. The van der Waals surface area contributed by atoms with E-state index in [9.17, 15) is 4.79 Å². The fourth-order valence-corrected chi connectivity index (χ4v) is 4.33. The molecule has 32 heavy (non-hydrogen) atoms. The SMILES string of the molecule is COc1nccc(OC2CCC2)c1-c1c[nH]c2nc(NC(=O)[C@H]3C[C@@H]3CN(C)C)ccc12. The monoisotopic (exact) mass is 435 g/mol. The molecular formula is C24H29N5O3. The van der Waals surface area contributed by atoms with E-state index in [0.29, 0.717) is 23.3 Å². The number of fused-ring (bicyclic) bond motifs is 1. The Morgan fingerprint density at radius 2 is 2.12 bits per heavy atom. The van der Waals surface area contributed by atoms with Gasteiger partial charge in [-0.15, -0.1) is 0 Å². The van der Waals surface area contributed by atoms with Crippen LogP contribution in [0.25, 0.3) is 22.2 Å². The highest BCUT2D eigenvalue weighted by Gasteiger charge is 2.43. The zero-order chi connectivity index (χ0) is 22.2. The minimum atomic E-state index is 0.0422. The third-order valence-electron chi connectivity index (χ3n) is 6.34. The molecule has 168 valence electrons. The van der Waals surface area contributed by atoms with Gasteiger partial charge in [-0.2, -0.15) is 0 Å². The molecule has 0 aliphatic heterocycles. The van der Waals surface area contributed by atoms with Gasteiger partial charge in [0, 0.05) is 35.8 Å². The summed E-state index contributed by atoms with van der Waals surface area (Å²) in [4.78, 5) is 26.9. The van der Waals surface area contributed by atoms with Crippen molar-refractivity contribution in [2.24, 2.45) is 11.8 Å². The van der Waals surface area contributed by atoms with E-state index in [1.165, 1.54) is 6.42 Å². The zero-order valence-electron chi connectivity index (χ0n) is 18.7. The number of amides is 1. The fraction of sp³-hybridized carbons (Fsp3) is 0.458. The molecule has 0 bridgehead atoms. The Kier molecular flexibility index (Phi) is 5.46. The minimum absolute atomic E-state index is 0.0422. The van der Waals surface area contributed by atoms with Gasteiger partial charge in [0.15, 0.2) is 0 Å². The van der Waals surface area contributed by atoms with Gasteiger partial charge < -0.3 is 24.7 Å². The van der Waals surface area contributed by atoms with Crippen LogP contribution in [-0.2, 0) is 4.79 Å². The molecule has 3 aromatic rings. The molecule has 8 heteroatoms. The summed E-state index contributed by atoms with van der Waals surface area (Å²) in [5.41, 5.74) is 2.42. The Labute approximate surface area is 187 Å². The normalized spacial score (nSPS) is 20.2. The number of hydrogen-bond donors (Lipinski definition) is 2. The molecule has 8 nitrogen and oxygen atoms in total. The van der Waals surface area contributed by atoms with Gasteiger partial charge in [0.25, 0.3) is 0 Å². The van der Waals surface area contributed by atoms with Crippen LogP contribution in [0.3, 0.4) is 0 Å². The Bertz CT molecular complexity index is 1140. The molecule has 2 fully saturated rings. The van der Waals surface area contributed by atoms with E-state index < -0.39 is 0 Å². The highest BCUT2D eigenvalue weighted by molar-refractivity contribution is 5.99. The van der Waals surface area contributed by atoms with Crippen molar-refractivity contribution >= 4 is 22.8 Å². The predicted molar refractivity (Wildman–Crippen MR) is 123 cm³/mol. The molecule has 3 aromatic heterocycles. The maximum absolute atomic E-state index is 12.6. The van der Waals surface area contributed by atoms with E-state index in [1.807, 2.05) is 38.5 Å². The molecule has 0 spiro atoms. The standard InChI is InChI=1S/C24H29N5O3/c1-29(2)13-14-11-17(14)23(30)28-20-8-7-16-18(12-26-22(16)27-20)21-19(32-15-5-4-6-15)9-10-25-24(21)31-3/h7-10,12,14-15,17H,4-6,11,13H2,1-3H3,(H2,26,27,28,30)/t14-,17+/m1/s1. The number of methoxy groups -OCH3 is 1. The van der Waals surface area contributed by atoms with E-state index in [2.05, 4.69) is 25.2 Å². The van der Waals surface area contributed by atoms with E-state index in [4.69, 9.17) is 9.47 Å². The van der Waals surface area contributed by atoms with Gasteiger partial charge >= 0.3 is 0 Å². The first-order valence-electron chi connectivity index (χ1n) is 11.2. The number of rotatable bonds is 8. The third-order valence-corrected chi connectivity index (χ3v) is 6.34. The maximum Gasteiger partial charge on any atom is 0.228 e. The summed E-state index contributed by atoms with van der Waals surface area (Å²) in [6.45, 7) is 0.933. The van der Waals surface area contributed by atoms with Crippen molar-refractivity contribution in [2.45, 2.75) is 31.8 Å². The van der Waals surface area contributed by atoms with Crippen LogP contribution in [0.4, 0.5) is 5.82 Å². The molecule has 2 aliphatic carbocycles. The van der Waals surface area contributed by atoms with Crippen LogP contribution >= 0.6 is 0 Å². The molecule has 2 aliphatic rings.